The van der Waals surface area contributed by atoms with Gasteiger partial charge in [0.15, 0.2) is 0 Å². The normalized spacial score (nSPS) is 33.0. The first-order valence-electron chi connectivity index (χ1n) is 10.4. The van der Waals surface area contributed by atoms with E-state index in [1.165, 1.54) is 38.5 Å². The molecule has 4 rings (SSSR count). The van der Waals surface area contributed by atoms with E-state index in [1.807, 2.05) is 20.8 Å². The Balaban J connectivity index is 1.24. The molecule has 142 valence electrons. The van der Waals surface area contributed by atoms with Gasteiger partial charge in [-0.1, -0.05) is 24.3 Å². The number of hydrogen-bond donors (Lipinski definition) is 1. The Hall–Kier alpha value is -1.51. The molecule has 3 heteroatoms. The van der Waals surface area contributed by atoms with Crippen LogP contribution >= 0.6 is 0 Å². The summed E-state index contributed by atoms with van der Waals surface area (Å²) in [5.41, 5.74) is 3.37. The molecule has 3 aliphatic carbocycles. The van der Waals surface area contributed by atoms with Crippen LogP contribution in [-0.2, 0) is 16.6 Å². The third kappa shape index (κ3) is 3.63. The van der Waals surface area contributed by atoms with Gasteiger partial charge in [0.25, 0.3) is 0 Å². The van der Waals surface area contributed by atoms with Crippen molar-refractivity contribution in [1.29, 1.82) is 0 Å². The van der Waals surface area contributed by atoms with Crippen LogP contribution in [0, 0.1) is 11.8 Å². The predicted octanol–water partition coefficient (Wildman–Crippen LogP) is 5.36. The molecule has 0 aliphatic heterocycles. The summed E-state index contributed by atoms with van der Waals surface area (Å²) in [5, 5.41) is 3.07. The van der Waals surface area contributed by atoms with Crippen LogP contribution in [0.4, 0.5) is 4.79 Å². The van der Waals surface area contributed by atoms with Gasteiger partial charge in [-0.25, -0.2) is 4.79 Å². The predicted molar refractivity (Wildman–Crippen MR) is 104 cm³/mol. The standard InChI is InChI=1S/C23H33NO2/c1-22(2,3)26-21(25)24-19-10-8-16(9-11-19)14-18-15-23(18)13-12-17-6-4-5-7-20(17)23/h4-7,16,18-19H,8-15H2,1-3H3,(H,24,25). The fourth-order valence-corrected chi connectivity index (χ4v) is 5.46. The highest BCUT2D eigenvalue weighted by Gasteiger charge is 2.57. The monoisotopic (exact) mass is 355 g/mol. The van der Waals surface area contributed by atoms with E-state index >= 15 is 0 Å². The molecule has 1 aromatic carbocycles. The van der Waals surface area contributed by atoms with E-state index in [2.05, 4.69) is 29.6 Å². The van der Waals surface area contributed by atoms with Crippen molar-refractivity contribution in [2.24, 2.45) is 11.8 Å². The maximum atomic E-state index is 11.9. The molecule has 1 aromatic rings. The Kier molecular flexibility index (Phi) is 4.53. The lowest BCUT2D eigenvalue weighted by atomic mass is 9.81. The third-order valence-electron chi connectivity index (χ3n) is 6.81. The number of ether oxygens (including phenoxy) is 1. The minimum Gasteiger partial charge on any atom is -0.444 e. The highest BCUT2D eigenvalue weighted by Crippen LogP contribution is 2.63. The largest absolute Gasteiger partial charge is 0.444 e. The summed E-state index contributed by atoms with van der Waals surface area (Å²) >= 11 is 0. The van der Waals surface area contributed by atoms with Gasteiger partial charge in [0.2, 0.25) is 0 Å². The number of carbonyl (C=O) groups is 1. The van der Waals surface area contributed by atoms with Gasteiger partial charge in [-0.3, -0.25) is 0 Å². The molecule has 0 bridgehead atoms. The highest BCUT2D eigenvalue weighted by atomic mass is 16.6. The van der Waals surface area contributed by atoms with E-state index in [0.717, 1.165) is 24.7 Å². The maximum absolute atomic E-state index is 11.9. The van der Waals surface area contributed by atoms with Crippen LogP contribution in [0.5, 0.6) is 0 Å². The molecule has 2 atom stereocenters. The summed E-state index contributed by atoms with van der Waals surface area (Å²) < 4.78 is 5.39. The van der Waals surface area contributed by atoms with Crippen molar-refractivity contribution >= 4 is 6.09 Å². The zero-order valence-corrected chi connectivity index (χ0v) is 16.5. The first-order valence-corrected chi connectivity index (χ1v) is 10.4. The molecule has 2 unspecified atom stereocenters. The molecule has 0 heterocycles. The molecule has 3 aliphatic rings. The number of benzene rings is 1. The van der Waals surface area contributed by atoms with E-state index in [4.69, 9.17) is 4.74 Å². The summed E-state index contributed by atoms with van der Waals surface area (Å²) in [5.74, 6) is 1.73. The smallest absolute Gasteiger partial charge is 0.407 e. The highest BCUT2D eigenvalue weighted by molar-refractivity contribution is 5.68. The fourth-order valence-electron chi connectivity index (χ4n) is 5.46. The van der Waals surface area contributed by atoms with E-state index in [1.54, 1.807) is 11.1 Å². The molecular formula is C23H33NO2. The lowest BCUT2D eigenvalue weighted by Crippen LogP contribution is -2.41. The van der Waals surface area contributed by atoms with Crippen molar-refractivity contribution < 1.29 is 9.53 Å². The molecule has 1 amide bonds. The van der Waals surface area contributed by atoms with Crippen molar-refractivity contribution in [2.75, 3.05) is 0 Å². The van der Waals surface area contributed by atoms with Crippen molar-refractivity contribution in [3.05, 3.63) is 35.4 Å². The quantitative estimate of drug-likeness (QED) is 0.792. The van der Waals surface area contributed by atoms with E-state index < -0.39 is 5.60 Å². The maximum Gasteiger partial charge on any atom is 0.407 e. The first kappa shape index (κ1) is 17.9. The third-order valence-corrected chi connectivity index (χ3v) is 6.81. The minimum atomic E-state index is -0.418. The number of amides is 1. The summed E-state index contributed by atoms with van der Waals surface area (Å²) in [4.78, 5) is 11.9. The van der Waals surface area contributed by atoms with Gasteiger partial charge >= 0.3 is 6.09 Å². The average Bonchev–Trinajstić information content (AvgIpc) is 3.13. The van der Waals surface area contributed by atoms with Crippen LogP contribution in [0.25, 0.3) is 0 Å². The van der Waals surface area contributed by atoms with Crippen LogP contribution in [-0.4, -0.2) is 17.7 Å². The van der Waals surface area contributed by atoms with Crippen molar-refractivity contribution in [2.45, 2.75) is 89.2 Å². The summed E-state index contributed by atoms with van der Waals surface area (Å²) in [6.07, 6.45) is 9.85. The second-order valence-electron chi connectivity index (χ2n) is 9.81. The number of nitrogens with one attached hydrogen (secondary N) is 1. The van der Waals surface area contributed by atoms with Crippen LogP contribution in [0.15, 0.2) is 24.3 Å². The number of carbonyl (C=O) groups excluding carboxylic acids is 1. The van der Waals surface area contributed by atoms with Crippen LogP contribution in [0.1, 0.15) is 76.8 Å². The SMILES string of the molecule is CC(C)(C)OC(=O)NC1CCC(CC2CC23CCc2ccccc23)CC1. The molecule has 2 saturated carbocycles. The van der Waals surface area contributed by atoms with Crippen LogP contribution < -0.4 is 5.32 Å². The Bertz CT molecular complexity index is 669. The van der Waals surface area contributed by atoms with Gasteiger partial charge < -0.3 is 10.1 Å². The number of aryl methyl sites for hydroxylation is 1. The number of fused-ring (bicyclic) bond motifs is 2. The molecule has 26 heavy (non-hydrogen) atoms. The van der Waals surface area contributed by atoms with Crippen molar-refractivity contribution in [1.82, 2.24) is 5.32 Å². The zero-order valence-electron chi connectivity index (χ0n) is 16.5. The summed E-state index contributed by atoms with van der Waals surface area (Å²) in [6, 6.07) is 9.40. The molecule has 1 spiro atoms. The van der Waals surface area contributed by atoms with E-state index in [9.17, 15) is 4.79 Å². The summed E-state index contributed by atoms with van der Waals surface area (Å²) in [7, 11) is 0. The molecule has 0 radical (unpaired) electrons. The van der Waals surface area contributed by atoms with E-state index in [0.29, 0.717) is 11.5 Å². The first-order chi connectivity index (χ1) is 12.4. The second kappa shape index (κ2) is 6.58. The number of hydrogen-bond acceptors (Lipinski definition) is 2. The van der Waals surface area contributed by atoms with Gasteiger partial charge in [-0.2, -0.15) is 0 Å². The topological polar surface area (TPSA) is 38.3 Å². The number of alkyl carbamates (subject to hydrolysis) is 1. The average molecular weight is 356 g/mol. The fraction of sp³-hybridized carbons (Fsp3) is 0.696. The minimum absolute atomic E-state index is 0.260. The van der Waals surface area contributed by atoms with Crippen molar-refractivity contribution in [3.8, 4) is 0 Å². The van der Waals surface area contributed by atoms with E-state index in [-0.39, 0.29) is 6.09 Å². The molecular weight excluding hydrogens is 322 g/mol. The van der Waals surface area contributed by atoms with Gasteiger partial charge in [0.05, 0.1) is 0 Å². The molecule has 3 nitrogen and oxygen atoms in total. The zero-order chi connectivity index (χ0) is 18.4. The molecule has 0 aromatic heterocycles. The second-order valence-corrected chi connectivity index (χ2v) is 9.81. The van der Waals surface area contributed by atoms with Gasteiger partial charge in [-0.15, -0.1) is 0 Å². The van der Waals surface area contributed by atoms with Gasteiger partial charge in [0, 0.05) is 6.04 Å². The Labute approximate surface area is 157 Å². The van der Waals surface area contributed by atoms with Gasteiger partial charge in [0.1, 0.15) is 5.60 Å². The molecule has 2 fully saturated rings. The van der Waals surface area contributed by atoms with Gasteiger partial charge in [-0.05, 0) is 101 Å². The number of rotatable bonds is 3. The summed E-state index contributed by atoms with van der Waals surface area (Å²) in [6.45, 7) is 5.74. The van der Waals surface area contributed by atoms with Crippen molar-refractivity contribution in [3.63, 3.8) is 0 Å². The Morgan fingerprint density at radius 3 is 2.65 bits per heavy atom. The molecule has 0 saturated heterocycles. The van der Waals surface area contributed by atoms with Crippen LogP contribution in [0.3, 0.4) is 0 Å². The lowest BCUT2D eigenvalue weighted by Gasteiger charge is -2.30. The molecule has 1 N–H and O–H groups in total. The Morgan fingerprint density at radius 2 is 1.92 bits per heavy atom. The Morgan fingerprint density at radius 1 is 1.19 bits per heavy atom. The lowest BCUT2D eigenvalue weighted by molar-refractivity contribution is 0.0486. The van der Waals surface area contributed by atoms with Crippen LogP contribution in [0.2, 0.25) is 0 Å².